The van der Waals surface area contributed by atoms with Gasteiger partial charge in [-0.1, -0.05) is 36.4 Å². The van der Waals surface area contributed by atoms with Crippen LogP contribution < -0.4 is 4.72 Å². The second-order valence-electron chi connectivity index (χ2n) is 8.73. The number of rotatable bonds is 8. The first-order valence-corrected chi connectivity index (χ1v) is 16.2. The van der Waals surface area contributed by atoms with Crippen LogP contribution >= 0.6 is 0 Å². The molecular formula is C24H24N4O6S3. The fourth-order valence-electron chi connectivity index (χ4n) is 4.57. The molecule has 5 rings (SSSR count). The first-order valence-electron chi connectivity index (χ1n) is 11.5. The largest absolute Gasteiger partial charge is 0.255 e. The molecule has 10 nitrogen and oxygen atoms in total. The molecule has 2 aromatic heterocycles. The van der Waals surface area contributed by atoms with Crippen LogP contribution in [0, 0.1) is 0 Å². The third-order valence-electron chi connectivity index (χ3n) is 6.31. The maximum Gasteiger partial charge on any atom is 0.245 e. The molecule has 0 spiro atoms. The fraction of sp³-hybridized carbons (Fsp3) is 0.250. The molecule has 0 amide bonds. The quantitative estimate of drug-likeness (QED) is 0.344. The highest BCUT2D eigenvalue weighted by Crippen LogP contribution is 2.29. The Hall–Kier alpha value is -2.97. The van der Waals surface area contributed by atoms with Gasteiger partial charge in [0.05, 0.1) is 22.5 Å². The molecule has 0 bridgehead atoms. The Morgan fingerprint density at radius 3 is 2.00 bits per heavy atom. The van der Waals surface area contributed by atoms with E-state index in [0.717, 1.165) is 4.31 Å². The second-order valence-corrected chi connectivity index (χ2v) is 14.6. The molecule has 1 aliphatic heterocycles. The molecule has 1 fully saturated rings. The van der Waals surface area contributed by atoms with E-state index in [-0.39, 0.29) is 46.3 Å². The van der Waals surface area contributed by atoms with E-state index in [1.807, 2.05) is 0 Å². The number of nitrogens with one attached hydrogen (secondary N) is 1. The van der Waals surface area contributed by atoms with Crippen molar-refractivity contribution < 1.29 is 25.3 Å². The smallest absolute Gasteiger partial charge is 0.245 e. The SMILES string of the molecule is O=S1(=O)CC[C@@H](N(CCNS(=O)(=O)c2cccc3cccnc23)S(=O)(=O)c2cccc3cccnc23)C1. The number of hydrogen-bond donors (Lipinski definition) is 1. The number of benzene rings is 2. The van der Waals surface area contributed by atoms with Gasteiger partial charge in [-0.2, -0.15) is 4.31 Å². The van der Waals surface area contributed by atoms with Gasteiger partial charge in [-0.3, -0.25) is 9.97 Å². The van der Waals surface area contributed by atoms with Gasteiger partial charge < -0.3 is 0 Å². The van der Waals surface area contributed by atoms with E-state index >= 15 is 0 Å². The standard InChI is InChI=1S/C24H24N4O6S3/c29-35(30)16-11-20(17-35)28(37(33,34)22-10-2-6-19-8-4-13-26-24(19)22)15-14-27-36(31,32)21-9-1-5-18-7-3-12-25-23(18)21/h1-10,12-13,20,27H,11,14-17H2/t20-/m1/s1. The van der Waals surface area contributed by atoms with E-state index in [1.165, 1.54) is 24.5 Å². The summed E-state index contributed by atoms with van der Waals surface area (Å²) in [6, 6.07) is 15.6. The third kappa shape index (κ3) is 5.09. The zero-order valence-electron chi connectivity index (χ0n) is 19.6. The Balaban J connectivity index is 1.46. The highest BCUT2D eigenvalue weighted by atomic mass is 32.2. The van der Waals surface area contributed by atoms with E-state index in [4.69, 9.17) is 0 Å². The number of sulfonamides is 2. The lowest BCUT2D eigenvalue weighted by molar-refractivity contribution is 0.344. The topological polar surface area (TPSA) is 143 Å². The molecule has 1 saturated heterocycles. The van der Waals surface area contributed by atoms with E-state index < -0.39 is 35.9 Å². The molecule has 37 heavy (non-hydrogen) atoms. The van der Waals surface area contributed by atoms with Crippen LogP contribution in [-0.2, 0) is 29.9 Å². The van der Waals surface area contributed by atoms with Crippen molar-refractivity contribution in [2.45, 2.75) is 22.3 Å². The van der Waals surface area contributed by atoms with Crippen molar-refractivity contribution in [2.75, 3.05) is 24.6 Å². The first kappa shape index (κ1) is 25.7. The van der Waals surface area contributed by atoms with Crippen LogP contribution in [0.3, 0.4) is 0 Å². The molecule has 1 atom stereocenters. The summed E-state index contributed by atoms with van der Waals surface area (Å²) in [5, 5.41) is 1.26. The van der Waals surface area contributed by atoms with E-state index in [0.29, 0.717) is 16.3 Å². The summed E-state index contributed by atoms with van der Waals surface area (Å²) in [4.78, 5) is 8.32. The molecule has 0 radical (unpaired) electrons. The van der Waals surface area contributed by atoms with Crippen LogP contribution in [0.2, 0.25) is 0 Å². The number of pyridine rings is 2. The predicted molar refractivity (Wildman–Crippen MR) is 140 cm³/mol. The van der Waals surface area contributed by atoms with Gasteiger partial charge in [0.2, 0.25) is 20.0 Å². The summed E-state index contributed by atoms with van der Waals surface area (Å²) in [5.74, 6) is -0.463. The van der Waals surface area contributed by atoms with Crippen molar-refractivity contribution in [1.29, 1.82) is 0 Å². The number of aromatic nitrogens is 2. The van der Waals surface area contributed by atoms with Gasteiger partial charge in [0, 0.05) is 42.3 Å². The molecule has 1 N–H and O–H groups in total. The van der Waals surface area contributed by atoms with Crippen LogP contribution in [0.4, 0.5) is 0 Å². The second kappa shape index (κ2) is 9.72. The third-order valence-corrected chi connectivity index (χ3v) is 11.5. The number of hydrogen-bond acceptors (Lipinski definition) is 8. The lowest BCUT2D eigenvalue weighted by Gasteiger charge is -2.27. The van der Waals surface area contributed by atoms with Crippen LogP contribution in [0.5, 0.6) is 0 Å². The van der Waals surface area contributed by atoms with Crippen molar-refractivity contribution in [3.05, 3.63) is 73.1 Å². The molecule has 1 aliphatic rings. The minimum atomic E-state index is -4.22. The lowest BCUT2D eigenvalue weighted by Crippen LogP contribution is -2.45. The van der Waals surface area contributed by atoms with E-state index in [2.05, 4.69) is 14.7 Å². The number of para-hydroxylation sites is 2. The van der Waals surface area contributed by atoms with Gasteiger partial charge in [-0.15, -0.1) is 0 Å². The molecule has 4 aromatic rings. The summed E-state index contributed by atoms with van der Waals surface area (Å²) < 4.78 is 81.9. The summed E-state index contributed by atoms with van der Waals surface area (Å²) in [6.07, 6.45) is 3.10. The van der Waals surface area contributed by atoms with Crippen LogP contribution in [0.1, 0.15) is 6.42 Å². The van der Waals surface area contributed by atoms with E-state index in [1.54, 1.807) is 48.5 Å². The van der Waals surface area contributed by atoms with Gasteiger partial charge in [-0.05, 0) is 30.7 Å². The van der Waals surface area contributed by atoms with Crippen molar-refractivity contribution >= 4 is 51.7 Å². The Labute approximate surface area is 215 Å². The monoisotopic (exact) mass is 560 g/mol. The Morgan fingerprint density at radius 2 is 1.41 bits per heavy atom. The summed E-state index contributed by atoms with van der Waals surface area (Å²) in [6.45, 7) is -0.525. The van der Waals surface area contributed by atoms with Crippen molar-refractivity contribution in [1.82, 2.24) is 19.0 Å². The highest BCUT2D eigenvalue weighted by molar-refractivity contribution is 7.92. The Morgan fingerprint density at radius 1 is 0.838 bits per heavy atom. The van der Waals surface area contributed by atoms with Gasteiger partial charge in [0.1, 0.15) is 9.79 Å². The van der Waals surface area contributed by atoms with Gasteiger partial charge in [-0.25, -0.2) is 30.0 Å². The van der Waals surface area contributed by atoms with E-state index in [9.17, 15) is 25.3 Å². The minimum absolute atomic E-state index is 0.0262. The predicted octanol–water partition coefficient (Wildman–Crippen LogP) is 1.94. The van der Waals surface area contributed by atoms with Crippen molar-refractivity contribution in [3.63, 3.8) is 0 Å². The zero-order valence-corrected chi connectivity index (χ0v) is 22.0. The summed E-state index contributed by atoms with van der Waals surface area (Å²) >= 11 is 0. The number of fused-ring (bicyclic) bond motifs is 2. The Bertz CT molecular complexity index is 1800. The fourth-order valence-corrected chi connectivity index (χ4v) is 9.42. The van der Waals surface area contributed by atoms with Crippen molar-refractivity contribution in [3.8, 4) is 0 Å². The maximum atomic E-state index is 13.8. The molecule has 0 saturated carbocycles. The molecule has 0 aliphatic carbocycles. The van der Waals surface area contributed by atoms with Crippen LogP contribution in [-0.4, -0.2) is 70.2 Å². The van der Waals surface area contributed by atoms with Crippen LogP contribution in [0.25, 0.3) is 21.8 Å². The summed E-state index contributed by atoms with van der Waals surface area (Å²) in [7, 11) is -11.7. The molecular weight excluding hydrogens is 536 g/mol. The highest BCUT2D eigenvalue weighted by Gasteiger charge is 2.39. The maximum absolute atomic E-state index is 13.8. The molecule has 194 valence electrons. The lowest BCUT2D eigenvalue weighted by atomic mass is 10.2. The molecule has 3 heterocycles. The van der Waals surface area contributed by atoms with Gasteiger partial charge in [0.25, 0.3) is 0 Å². The molecule has 2 aromatic carbocycles. The number of sulfone groups is 1. The Kier molecular flexibility index (Phi) is 6.75. The van der Waals surface area contributed by atoms with Crippen LogP contribution in [0.15, 0.2) is 82.8 Å². The van der Waals surface area contributed by atoms with Gasteiger partial charge >= 0.3 is 0 Å². The summed E-state index contributed by atoms with van der Waals surface area (Å²) in [5.41, 5.74) is 0.559. The van der Waals surface area contributed by atoms with Gasteiger partial charge in [0.15, 0.2) is 9.84 Å². The average Bonchev–Trinajstić information content (AvgIpc) is 3.24. The first-order chi connectivity index (χ1) is 17.6. The normalized spacial score (nSPS) is 18.0. The number of nitrogens with zero attached hydrogens (tertiary/aromatic N) is 3. The molecule has 13 heteroatoms. The van der Waals surface area contributed by atoms with Crippen molar-refractivity contribution in [2.24, 2.45) is 0 Å². The zero-order chi connectivity index (χ0) is 26.3. The minimum Gasteiger partial charge on any atom is -0.255 e. The average molecular weight is 561 g/mol. The molecule has 0 unspecified atom stereocenters.